The molecule has 1 aliphatic heterocycles. The van der Waals surface area contributed by atoms with Crippen molar-refractivity contribution in [2.24, 2.45) is 0 Å². The number of para-hydroxylation sites is 1. The highest BCUT2D eigenvalue weighted by Crippen LogP contribution is 2.31. The zero-order valence-electron chi connectivity index (χ0n) is 9.49. The van der Waals surface area contributed by atoms with Gasteiger partial charge in [0.2, 0.25) is 0 Å². The molecule has 1 N–H and O–H groups in total. The highest BCUT2D eigenvalue weighted by molar-refractivity contribution is 5.54. The highest BCUT2D eigenvalue weighted by Gasteiger charge is 2.21. The Morgan fingerprint density at radius 3 is 2.65 bits per heavy atom. The zero-order valence-corrected chi connectivity index (χ0v) is 9.49. The molecule has 2 aromatic carbocycles. The normalized spacial score (nSPS) is 18.3. The van der Waals surface area contributed by atoms with Gasteiger partial charge in [-0.05, 0) is 29.7 Å². The van der Waals surface area contributed by atoms with Crippen LogP contribution in [0.3, 0.4) is 0 Å². The molecule has 1 nitrogen and oxygen atoms in total. The van der Waals surface area contributed by atoms with Gasteiger partial charge in [-0.25, -0.2) is 4.39 Å². The van der Waals surface area contributed by atoms with Crippen LogP contribution in [0.25, 0.3) is 0 Å². The number of nitrogens with one attached hydrogen (secondary N) is 1. The Morgan fingerprint density at radius 2 is 1.76 bits per heavy atom. The van der Waals surface area contributed by atoms with Gasteiger partial charge in [-0.15, -0.1) is 0 Å². The second-order valence-corrected chi connectivity index (χ2v) is 4.46. The molecule has 1 atom stereocenters. The Labute approximate surface area is 100 Å². The van der Waals surface area contributed by atoms with Crippen molar-refractivity contribution in [3.63, 3.8) is 0 Å². The van der Waals surface area contributed by atoms with Crippen molar-refractivity contribution in [3.05, 3.63) is 65.5 Å². The van der Waals surface area contributed by atoms with E-state index >= 15 is 0 Å². The summed E-state index contributed by atoms with van der Waals surface area (Å²) < 4.78 is 13.7. The number of rotatable bonds is 1. The van der Waals surface area contributed by atoms with Crippen LogP contribution in [0.5, 0.6) is 0 Å². The standard InChI is InChI=1S/C15H14FN/c16-14-7-3-2-6-13(14)12-9-11-5-1-4-8-15(11)17-10-12/h1-8,12,17H,9-10H2/t12-/m0/s1. The number of halogens is 1. The second kappa shape index (κ2) is 4.21. The molecule has 0 amide bonds. The third-order valence-corrected chi connectivity index (χ3v) is 3.37. The van der Waals surface area contributed by atoms with Crippen molar-refractivity contribution < 1.29 is 4.39 Å². The average Bonchev–Trinajstić information content (AvgIpc) is 2.39. The van der Waals surface area contributed by atoms with Crippen molar-refractivity contribution >= 4 is 5.69 Å². The minimum atomic E-state index is -0.0984. The Hall–Kier alpha value is -1.83. The summed E-state index contributed by atoms with van der Waals surface area (Å²) in [4.78, 5) is 0. The van der Waals surface area contributed by atoms with Crippen molar-refractivity contribution in [1.29, 1.82) is 0 Å². The number of benzene rings is 2. The van der Waals surface area contributed by atoms with E-state index in [1.165, 1.54) is 17.3 Å². The van der Waals surface area contributed by atoms with Gasteiger partial charge in [0.05, 0.1) is 0 Å². The van der Waals surface area contributed by atoms with Crippen molar-refractivity contribution in [1.82, 2.24) is 0 Å². The summed E-state index contributed by atoms with van der Waals surface area (Å²) in [6.45, 7) is 0.804. The summed E-state index contributed by atoms with van der Waals surface area (Å²) in [5, 5.41) is 3.37. The second-order valence-electron chi connectivity index (χ2n) is 4.46. The number of fused-ring (bicyclic) bond motifs is 1. The third-order valence-electron chi connectivity index (χ3n) is 3.37. The molecule has 0 saturated carbocycles. The number of hydrogen-bond acceptors (Lipinski definition) is 1. The third kappa shape index (κ3) is 1.91. The molecule has 86 valence electrons. The lowest BCUT2D eigenvalue weighted by Crippen LogP contribution is -2.22. The lowest BCUT2D eigenvalue weighted by Gasteiger charge is -2.26. The predicted octanol–water partition coefficient (Wildman–Crippen LogP) is 3.58. The first kappa shape index (κ1) is 10.3. The van der Waals surface area contributed by atoms with Gasteiger partial charge in [0.25, 0.3) is 0 Å². The van der Waals surface area contributed by atoms with Gasteiger partial charge in [-0.2, -0.15) is 0 Å². The van der Waals surface area contributed by atoms with E-state index in [0.29, 0.717) is 0 Å². The fourth-order valence-electron chi connectivity index (χ4n) is 2.47. The van der Waals surface area contributed by atoms with Crippen LogP contribution in [0.1, 0.15) is 17.0 Å². The van der Waals surface area contributed by atoms with E-state index in [0.717, 1.165) is 18.5 Å². The molecule has 1 aliphatic rings. The summed E-state index contributed by atoms with van der Waals surface area (Å²) in [5.74, 6) is 0.129. The fraction of sp³-hybridized carbons (Fsp3) is 0.200. The molecular formula is C15H14FN. The van der Waals surface area contributed by atoms with Gasteiger partial charge in [0, 0.05) is 18.2 Å². The summed E-state index contributed by atoms with van der Waals surface area (Å²) in [6.07, 6.45) is 0.907. The van der Waals surface area contributed by atoms with Gasteiger partial charge in [0.15, 0.2) is 0 Å². The largest absolute Gasteiger partial charge is 0.384 e. The van der Waals surface area contributed by atoms with Gasteiger partial charge in [-0.3, -0.25) is 0 Å². The Morgan fingerprint density at radius 1 is 1.00 bits per heavy atom. The summed E-state index contributed by atoms with van der Waals surface area (Å²) in [5.41, 5.74) is 3.27. The molecule has 0 bridgehead atoms. The van der Waals surface area contributed by atoms with Crippen molar-refractivity contribution in [3.8, 4) is 0 Å². The maximum absolute atomic E-state index is 13.7. The summed E-state index contributed by atoms with van der Waals surface area (Å²) in [6, 6.07) is 15.3. The minimum absolute atomic E-state index is 0.0984. The summed E-state index contributed by atoms with van der Waals surface area (Å²) >= 11 is 0. The van der Waals surface area contributed by atoms with E-state index < -0.39 is 0 Å². The molecular weight excluding hydrogens is 213 g/mol. The molecule has 3 rings (SSSR count). The maximum atomic E-state index is 13.7. The lowest BCUT2D eigenvalue weighted by molar-refractivity contribution is 0.576. The maximum Gasteiger partial charge on any atom is 0.126 e. The van der Waals surface area contributed by atoms with E-state index in [4.69, 9.17) is 0 Å². The average molecular weight is 227 g/mol. The van der Waals surface area contributed by atoms with Gasteiger partial charge in [-0.1, -0.05) is 36.4 Å². The van der Waals surface area contributed by atoms with Crippen LogP contribution < -0.4 is 5.32 Å². The van der Waals surface area contributed by atoms with Crippen LogP contribution in [0.4, 0.5) is 10.1 Å². The van der Waals surface area contributed by atoms with E-state index in [1.54, 1.807) is 6.07 Å². The van der Waals surface area contributed by atoms with Gasteiger partial charge >= 0.3 is 0 Å². The molecule has 1 heterocycles. The van der Waals surface area contributed by atoms with Crippen LogP contribution in [0, 0.1) is 5.82 Å². The lowest BCUT2D eigenvalue weighted by atomic mass is 9.88. The van der Waals surface area contributed by atoms with E-state index in [1.807, 2.05) is 24.3 Å². The molecule has 0 saturated heterocycles. The van der Waals surface area contributed by atoms with E-state index in [9.17, 15) is 4.39 Å². The quantitative estimate of drug-likeness (QED) is 0.785. The number of anilines is 1. The molecule has 17 heavy (non-hydrogen) atoms. The minimum Gasteiger partial charge on any atom is -0.384 e. The van der Waals surface area contributed by atoms with E-state index in [2.05, 4.69) is 17.4 Å². The van der Waals surface area contributed by atoms with Crippen LogP contribution in [0.15, 0.2) is 48.5 Å². The monoisotopic (exact) mass is 227 g/mol. The first-order valence-corrected chi connectivity index (χ1v) is 5.91. The highest BCUT2D eigenvalue weighted by atomic mass is 19.1. The topological polar surface area (TPSA) is 12.0 Å². The molecule has 0 radical (unpaired) electrons. The van der Waals surface area contributed by atoms with Gasteiger partial charge in [0.1, 0.15) is 5.82 Å². The first-order chi connectivity index (χ1) is 8.34. The SMILES string of the molecule is Fc1ccccc1[C@@H]1CNc2ccccc2C1. The van der Waals surface area contributed by atoms with E-state index in [-0.39, 0.29) is 11.7 Å². The van der Waals surface area contributed by atoms with Crippen LogP contribution in [0.2, 0.25) is 0 Å². The first-order valence-electron chi connectivity index (χ1n) is 5.91. The fourth-order valence-corrected chi connectivity index (χ4v) is 2.47. The Balaban J connectivity index is 1.92. The predicted molar refractivity (Wildman–Crippen MR) is 67.8 cm³/mol. The van der Waals surface area contributed by atoms with Crippen LogP contribution in [-0.2, 0) is 6.42 Å². The molecule has 0 aliphatic carbocycles. The summed E-state index contributed by atoms with van der Waals surface area (Å²) in [7, 11) is 0. The number of hydrogen-bond donors (Lipinski definition) is 1. The smallest absolute Gasteiger partial charge is 0.126 e. The van der Waals surface area contributed by atoms with Gasteiger partial charge < -0.3 is 5.32 Å². The molecule has 2 aromatic rings. The van der Waals surface area contributed by atoms with Crippen LogP contribution in [-0.4, -0.2) is 6.54 Å². The van der Waals surface area contributed by atoms with Crippen molar-refractivity contribution in [2.75, 3.05) is 11.9 Å². The van der Waals surface area contributed by atoms with Crippen molar-refractivity contribution in [2.45, 2.75) is 12.3 Å². The zero-order chi connectivity index (χ0) is 11.7. The molecule has 0 aromatic heterocycles. The molecule has 0 fully saturated rings. The van der Waals surface area contributed by atoms with Crippen LogP contribution >= 0.6 is 0 Å². The Kier molecular flexibility index (Phi) is 2.56. The Bertz CT molecular complexity index is 536. The molecule has 0 unspecified atom stereocenters. The molecule has 0 spiro atoms. The molecule has 2 heteroatoms.